The molecule has 4 atom stereocenters. The number of hydrogen-bond acceptors (Lipinski definition) is 9. The third-order valence-electron chi connectivity index (χ3n) is 9.30. The summed E-state index contributed by atoms with van der Waals surface area (Å²) < 4.78 is 24.8. The number of aliphatic hydroxyl groups excluding tert-OH is 1. The number of oxazole rings is 1. The van der Waals surface area contributed by atoms with Crippen LogP contribution in [0.2, 0.25) is 0 Å². The first-order valence-electron chi connectivity index (χ1n) is 18.2. The van der Waals surface area contributed by atoms with Gasteiger partial charge in [0.15, 0.2) is 18.2 Å². The molecule has 9 nitrogen and oxygen atoms in total. The summed E-state index contributed by atoms with van der Waals surface area (Å²) in [5, 5.41) is 13.1. The van der Waals surface area contributed by atoms with Gasteiger partial charge in [0.1, 0.15) is 5.69 Å². The van der Waals surface area contributed by atoms with Gasteiger partial charge in [-0.05, 0) is 46.9 Å². The fourth-order valence-electron chi connectivity index (χ4n) is 6.49. The van der Waals surface area contributed by atoms with Gasteiger partial charge in [0, 0.05) is 42.3 Å². The zero-order chi connectivity index (χ0) is 38.1. The molecule has 1 amide bonds. The minimum atomic E-state index is -0.875. The summed E-state index contributed by atoms with van der Waals surface area (Å²) in [4.78, 5) is 28.7. The molecule has 1 aromatic heterocycles. The van der Waals surface area contributed by atoms with Gasteiger partial charge >= 0.3 is 5.97 Å². The van der Waals surface area contributed by atoms with Crippen molar-refractivity contribution >= 4 is 23.6 Å². The largest absolute Gasteiger partial charge is 0.453 e. The summed E-state index contributed by atoms with van der Waals surface area (Å²) in [6, 6.07) is 43.9. The van der Waals surface area contributed by atoms with Crippen molar-refractivity contribution in [2.75, 3.05) is 5.75 Å². The highest BCUT2D eigenvalue weighted by molar-refractivity contribution is 7.99. The van der Waals surface area contributed by atoms with Crippen LogP contribution in [0.15, 0.2) is 143 Å². The Kier molecular flexibility index (Phi) is 12.2. The highest BCUT2D eigenvalue weighted by Crippen LogP contribution is 2.41. The Labute approximate surface area is 324 Å². The molecule has 280 valence electrons. The van der Waals surface area contributed by atoms with Crippen molar-refractivity contribution in [3.8, 4) is 33.7 Å². The van der Waals surface area contributed by atoms with Gasteiger partial charge in [-0.25, -0.2) is 4.98 Å². The fraction of sp³-hybridized carbons (Fsp3) is 0.222. The van der Waals surface area contributed by atoms with E-state index in [9.17, 15) is 14.7 Å². The minimum Gasteiger partial charge on any atom is -0.453 e. The zero-order valence-corrected chi connectivity index (χ0v) is 31.4. The van der Waals surface area contributed by atoms with E-state index in [1.807, 2.05) is 127 Å². The smallest absolute Gasteiger partial charge is 0.303 e. The van der Waals surface area contributed by atoms with Gasteiger partial charge in [0.25, 0.3) is 11.1 Å². The average Bonchev–Trinajstić information content (AvgIpc) is 3.67. The number of nitrogens with zero attached hydrogens (tertiary/aromatic N) is 1. The van der Waals surface area contributed by atoms with E-state index in [4.69, 9.17) is 23.6 Å². The third-order valence-corrected chi connectivity index (χ3v) is 10.3. The van der Waals surface area contributed by atoms with Crippen molar-refractivity contribution in [2.45, 2.75) is 63.2 Å². The molecule has 55 heavy (non-hydrogen) atoms. The molecular formula is C45H42N2O7S. The molecule has 1 saturated heterocycles. The number of benzene rings is 5. The molecule has 6 aromatic rings. The van der Waals surface area contributed by atoms with Crippen LogP contribution in [0.5, 0.6) is 0 Å². The number of carbonyl (C=O) groups is 2. The number of aliphatic hydroxyl groups is 1. The quantitative estimate of drug-likeness (QED) is 0.0879. The molecule has 7 rings (SSSR count). The molecule has 0 saturated carbocycles. The number of rotatable bonds is 13. The molecule has 10 heteroatoms. The van der Waals surface area contributed by atoms with E-state index < -0.39 is 18.4 Å². The maximum absolute atomic E-state index is 12.4. The predicted molar refractivity (Wildman–Crippen MR) is 211 cm³/mol. The summed E-state index contributed by atoms with van der Waals surface area (Å²) >= 11 is 1.52. The number of ether oxygens (including phenoxy) is 3. The van der Waals surface area contributed by atoms with Crippen LogP contribution in [-0.2, 0) is 37.0 Å². The summed E-state index contributed by atoms with van der Waals surface area (Å²) in [6.45, 7) is 3.08. The second-order valence-electron chi connectivity index (χ2n) is 13.3. The third kappa shape index (κ3) is 9.59. The normalized spacial score (nSPS) is 17.3. The van der Waals surface area contributed by atoms with Crippen LogP contribution in [0.1, 0.15) is 54.9 Å². The van der Waals surface area contributed by atoms with Gasteiger partial charge < -0.3 is 29.1 Å². The molecule has 5 aromatic carbocycles. The summed E-state index contributed by atoms with van der Waals surface area (Å²) in [7, 11) is 0. The standard InChI is InChI=1S/C45H42N2O7S/c1-29(51-30(2)49)43(50)46-26-32-11-9-16-36(23-32)37-17-10-18-38(24-37)44-52-39(25-40(53-44)33-21-19-31(27-48)20-22-33)28-55-45-47-41(34-12-5-3-6-13-34)42(54-45)35-14-7-4-8-15-35/h3-24,29,39-40,44,48H,25-28H2,1-2H3,(H,46,50). The van der Waals surface area contributed by atoms with Gasteiger partial charge in [0.2, 0.25) is 0 Å². The Morgan fingerprint density at radius 1 is 0.800 bits per heavy atom. The molecule has 1 aliphatic heterocycles. The molecule has 1 aliphatic rings. The Balaban J connectivity index is 1.11. The lowest BCUT2D eigenvalue weighted by Gasteiger charge is -2.36. The second kappa shape index (κ2) is 17.7. The molecule has 2 heterocycles. The minimum absolute atomic E-state index is 0.0311. The van der Waals surface area contributed by atoms with Crippen molar-refractivity contribution in [3.05, 3.63) is 156 Å². The Morgan fingerprint density at radius 2 is 1.47 bits per heavy atom. The molecule has 0 spiro atoms. The number of hydrogen-bond donors (Lipinski definition) is 2. The topological polar surface area (TPSA) is 120 Å². The van der Waals surface area contributed by atoms with Gasteiger partial charge in [-0.1, -0.05) is 133 Å². The van der Waals surface area contributed by atoms with Crippen molar-refractivity contribution < 1.29 is 33.3 Å². The number of amides is 1. The van der Waals surface area contributed by atoms with E-state index >= 15 is 0 Å². The maximum Gasteiger partial charge on any atom is 0.303 e. The summed E-state index contributed by atoms with van der Waals surface area (Å²) in [6.07, 6.45) is -1.38. The Hall–Kier alpha value is -5.52. The Morgan fingerprint density at radius 3 is 2.18 bits per heavy atom. The van der Waals surface area contributed by atoms with Crippen molar-refractivity contribution in [3.63, 3.8) is 0 Å². The molecule has 4 unspecified atom stereocenters. The van der Waals surface area contributed by atoms with Gasteiger partial charge in [-0.2, -0.15) is 0 Å². The van der Waals surface area contributed by atoms with E-state index in [0.717, 1.165) is 56.0 Å². The highest BCUT2D eigenvalue weighted by atomic mass is 32.2. The lowest BCUT2D eigenvalue weighted by atomic mass is 9.99. The van der Waals surface area contributed by atoms with Crippen LogP contribution in [0.25, 0.3) is 33.7 Å². The zero-order valence-electron chi connectivity index (χ0n) is 30.6. The first-order chi connectivity index (χ1) is 26.8. The van der Waals surface area contributed by atoms with Crippen LogP contribution >= 0.6 is 11.8 Å². The van der Waals surface area contributed by atoms with Gasteiger partial charge in [-0.3, -0.25) is 9.59 Å². The molecule has 0 bridgehead atoms. The monoisotopic (exact) mass is 754 g/mol. The molecule has 1 fully saturated rings. The molecule has 0 aliphatic carbocycles. The number of nitrogens with one attached hydrogen (secondary N) is 1. The van der Waals surface area contributed by atoms with Crippen molar-refractivity contribution in [1.82, 2.24) is 10.3 Å². The second-order valence-corrected chi connectivity index (χ2v) is 14.3. The number of esters is 1. The number of aromatic nitrogens is 1. The average molecular weight is 755 g/mol. The van der Waals surface area contributed by atoms with E-state index in [0.29, 0.717) is 17.4 Å². The van der Waals surface area contributed by atoms with E-state index in [1.54, 1.807) is 6.92 Å². The number of thioether (sulfide) groups is 1. The maximum atomic E-state index is 12.4. The lowest BCUT2D eigenvalue weighted by molar-refractivity contribution is -0.245. The van der Waals surface area contributed by atoms with Gasteiger partial charge in [-0.15, -0.1) is 0 Å². The first kappa shape index (κ1) is 37.8. The van der Waals surface area contributed by atoms with Crippen LogP contribution in [0.4, 0.5) is 0 Å². The lowest BCUT2D eigenvalue weighted by Crippen LogP contribution is -2.35. The SMILES string of the molecule is CC(=O)OC(C)C(=O)NCc1cccc(-c2cccc(C3OC(CSc4nc(-c5ccccc5)c(-c5ccccc5)o4)CC(c4ccc(CO)cc4)O3)c2)c1. The first-order valence-corrected chi connectivity index (χ1v) is 19.2. The van der Waals surface area contributed by atoms with Crippen LogP contribution in [0, 0.1) is 0 Å². The van der Waals surface area contributed by atoms with Crippen LogP contribution < -0.4 is 5.32 Å². The van der Waals surface area contributed by atoms with Gasteiger partial charge in [0.05, 0.1) is 18.8 Å². The van der Waals surface area contributed by atoms with Crippen LogP contribution in [0.3, 0.4) is 0 Å². The fourth-order valence-corrected chi connectivity index (χ4v) is 7.33. The van der Waals surface area contributed by atoms with E-state index in [2.05, 4.69) is 11.4 Å². The predicted octanol–water partition coefficient (Wildman–Crippen LogP) is 9.07. The number of carbonyl (C=O) groups excluding carboxylic acids is 2. The molecular weight excluding hydrogens is 713 g/mol. The Bertz CT molecular complexity index is 2150. The van der Waals surface area contributed by atoms with E-state index in [1.165, 1.54) is 18.7 Å². The molecule has 2 N–H and O–H groups in total. The highest BCUT2D eigenvalue weighted by Gasteiger charge is 2.33. The molecule has 0 radical (unpaired) electrons. The summed E-state index contributed by atoms with van der Waals surface area (Å²) in [5.74, 6) is 0.438. The summed E-state index contributed by atoms with van der Waals surface area (Å²) in [5.41, 5.74) is 8.27. The van der Waals surface area contributed by atoms with Crippen LogP contribution in [-0.4, -0.2) is 39.9 Å². The van der Waals surface area contributed by atoms with Crippen molar-refractivity contribution in [2.24, 2.45) is 0 Å². The van der Waals surface area contributed by atoms with Crippen molar-refractivity contribution in [1.29, 1.82) is 0 Å². The van der Waals surface area contributed by atoms with E-state index in [-0.39, 0.29) is 31.3 Å².